The normalized spacial score (nSPS) is 15.0. The lowest BCUT2D eigenvalue weighted by Gasteiger charge is -2.32. The summed E-state index contributed by atoms with van der Waals surface area (Å²) in [5, 5.41) is 17.8. The van der Waals surface area contributed by atoms with Crippen LogP contribution in [-0.4, -0.2) is 26.7 Å². The van der Waals surface area contributed by atoms with Crippen molar-refractivity contribution in [2.24, 2.45) is 11.8 Å². The summed E-state index contributed by atoms with van der Waals surface area (Å²) >= 11 is 0. The van der Waals surface area contributed by atoms with Crippen LogP contribution in [0.25, 0.3) is 0 Å². The highest BCUT2D eigenvalue weighted by atomic mass is 16.3. The molecule has 0 aromatic carbocycles. The van der Waals surface area contributed by atoms with Gasteiger partial charge in [0, 0.05) is 18.2 Å². The molecule has 0 fully saturated rings. The molecule has 0 saturated carbocycles. The molecule has 1 atom stereocenters. The van der Waals surface area contributed by atoms with Gasteiger partial charge in [-0.15, -0.1) is 5.10 Å². The minimum atomic E-state index is -0.197. The van der Waals surface area contributed by atoms with Crippen molar-refractivity contribution in [3.05, 3.63) is 11.9 Å². The highest BCUT2D eigenvalue weighted by Crippen LogP contribution is 2.35. The van der Waals surface area contributed by atoms with Gasteiger partial charge in [-0.2, -0.15) is 0 Å². The second-order valence-corrected chi connectivity index (χ2v) is 7.09. The first kappa shape index (κ1) is 16.2. The molecule has 0 saturated heterocycles. The summed E-state index contributed by atoms with van der Waals surface area (Å²) in [5.74, 6) is 1.13. The number of hydrogen-bond acceptors (Lipinski definition) is 3. The van der Waals surface area contributed by atoms with Gasteiger partial charge >= 0.3 is 0 Å². The van der Waals surface area contributed by atoms with Crippen LogP contribution in [0.15, 0.2) is 6.20 Å². The highest BCUT2D eigenvalue weighted by molar-refractivity contribution is 5.11. The van der Waals surface area contributed by atoms with Crippen molar-refractivity contribution in [2.45, 2.75) is 65.8 Å². The zero-order chi connectivity index (χ0) is 14.8. The maximum Gasteiger partial charge on any atom is 0.0886 e. The van der Waals surface area contributed by atoms with Crippen molar-refractivity contribution in [3.8, 4) is 0 Å². The van der Waals surface area contributed by atoms with E-state index in [2.05, 4.69) is 58.8 Å². The van der Waals surface area contributed by atoms with E-state index in [-0.39, 0.29) is 17.6 Å². The molecule has 19 heavy (non-hydrogen) atoms. The van der Waals surface area contributed by atoms with Gasteiger partial charge in [-0.1, -0.05) is 39.8 Å². The maximum atomic E-state index is 9.13. The van der Waals surface area contributed by atoms with Gasteiger partial charge in [-0.3, -0.25) is 0 Å². The van der Waals surface area contributed by atoms with E-state index in [4.69, 9.17) is 5.11 Å². The average molecular weight is 267 g/mol. The zero-order valence-electron chi connectivity index (χ0n) is 13.4. The molecule has 110 valence electrons. The van der Waals surface area contributed by atoms with Gasteiger partial charge in [-0.25, -0.2) is 4.68 Å². The topological polar surface area (TPSA) is 50.9 Å². The van der Waals surface area contributed by atoms with E-state index in [1.807, 2.05) is 10.9 Å². The molecule has 0 spiro atoms. The Labute approximate surface area is 117 Å². The molecule has 0 aliphatic carbocycles. The maximum absolute atomic E-state index is 9.13. The molecule has 0 amide bonds. The lowest BCUT2D eigenvalue weighted by Crippen LogP contribution is -2.31. The van der Waals surface area contributed by atoms with Crippen molar-refractivity contribution in [1.29, 1.82) is 0 Å². The Morgan fingerprint density at radius 1 is 1.21 bits per heavy atom. The van der Waals surface area contributed by atoms with Crippen LogP contribution in [0.5, 0.6) is 0 Å². The predicted octanol–water partition coefficient (Wildman–Crippen LogP) is 2.97. The zero-order valence-corrected chi connectivity index (χ0v) is 13.4. The molecular weight excluding hydrogens is 238 g/mol. The predicted molar refractivity (Wildman–Crippen MR) is 78.1 cm³/mol. The van der Waals surface area contributed by atoms with E-state index in [1.165, 1.54) is 0 Å². The van der Waals surface area contributed by atoms with Crippen molar-refractivity contribution in [1.82, 2.24) is 15.0 Å². The van der Waals surface area contributed by atoms with Gasteiger partial charge in [0.2, 0.25) is 0 Å². The standard InChI is InChI=1S/C15H29N3O/c1-11(2)12(3)15(6,7)13-10-18(17-16-13)14(4,5)8-9-19/h10-12,19H,8-9H2,1-7H3. The van der Waals surface area contributed by atoms with Crippen LogP contribution >= 0.6 is 0 Å². The highest BCUT2D eigenvalue weighted by Gasteiger charge is 2.34. The Hall–Kier alpha value is -0.900. The Balaban J connectivity index is 3.02. The molecule has 1 N–H and O–H groups in total. The minimum absolute atomic E-state index is 0.00170. The summed E-state index contributed by atoms with van der Waals surface area (Å²) in [5.41, 5.74) is 0.832. The van der Waals surface area contributed by atoms with Crippen molar-refractivity contribution in [2.75, 3.05) is 6.61 Å². The lowest BCUT2D eigenvalue weighted by atomic mass is 9.72. The van der Waals surface area contributed by atoms with Crippen molar-refractivity contribution >= 4 is 0 Å². The Kier molecular flexibility index (Phi) is 4.77. The molecular formula is C15H29N3O. The number of aliphatic hydroxyl groups excluding tert-OH is 1. The first-order valence-electron chi connectivity index (χ1n) is 7.17. The molecule has 1 unspecified atom stereocenters. The number of aliphatic hydroxyl groups is 1. The van der Waals surface area contributed by atoms with Gasteiger partial charge in [-0.05, 0) is 32.1 Å². The first-order chi connectivity index (χ1) is 8.63. The molecule has 1 aromatic heterocycles. The SMILES string of the molecule is CC(C)C(C)C(C)(C)c1cn(C(C)(C)CCO)nn1. The molecule has 1 rings (SSSR count). The Morgan fingerprint density at radius 3 is 2.26 bits per heavy atom. The third kappa shape index (κ3) is 3.35. The summed E-state index contributed by atoms with van der Waals surface area (Å²) in [4.78, 5) is 0. The Morgan fingerprint density at radius 2 is 1.79 bits per heavy atom. The molecule has 4 heteroatoms. The number of hydrogen-bond donors (Lipinski definition) is 1. The fourth-order valence-electron chi connectivity index (χ4n) is 2.31. The van der Waals surface area contributed by atoms with Crippen LogP contribution < -0.4 is 0 Å². The minimum Gasteiger partial charge on any atom is -0.396 e. The summed E-state index contributed by atoms with van der Waals surface area (Å²) in [6.45, 7) is 15.5. The van der Waals surface area contributed by atoms with Gasteiger partial charge in [0.05, 0.1) is 11.2 Å². The molecule has 1 heterocycles. The lowest BCUT2D eigenvalue weighted by molar-refractivity contribution is 0.199. The third-order valence-electron chi connectivity index (χ3n) is 4.64. The number of nitrogens with zero attached hydrogens (tertiary/aromatic N) is 3. The molecule has 0 aliphatic rings. The fraction of sp³-hybridized carbons (Fsp3) is 0.867. The van der Waals surface area contributed by atoms with Gasteiger partial charge in [0.15, 0.2) is 0 Å². The molecule has 0 bridgehead atoms. The molecule has 0 radical (unpaired) electrons. The quantitative estimate of drug-likeness (QED) is 0.862. The third-order valence-corrected chi connectivity index (χ3v) is 4.64. The van der Waals surface area contributed by atoms with Crippen LogP contribution in [0, 0.1) is 11.8 Å². The van der Waals surface area contributed by atoms with Crippen LogP contribution in [0.4, 0.5) is 0 Å². The molecule has 1 aromatic rings. The van der Waals surface area contributed by atoms with Crippen LogP contribution in [0.2, 0.25) is 0 Å². The number of aromatic nitrogens is 3. The van der Waals surface area contributed by atoms with E-state index in [0.29, 0.717) is 18.3 Å². The molecule has 0 aliphatic heterocycles. The Bertz CT molecular complexity index is 407. The van der Waals surface area contributed by atoms with Crippen molar-refractivity contribution in [3.63, 3.8) is 0 Å². The summed E-state index contributed by atoms with van der Waals surface area (Å²) < 4.78 is 1.88. The monoisotopic (exact) mass is 267 g/mol. The van der Waals surface area contributed by atoms with Crippen LogP contribution in [0.3, 0.4) is 0 Å². The van der Waals surface area contributed by atoms with E-state index >= 15 is 0 Å². The fourth-order valence-corrected chi connectivity index (χ4v) is 2.31. The van der Waals surface area contributed by atoms with E-state index in [0.717, 1.165) is 5.69 Å². The second-order valence-electron chi connectivity index (χ2n) is 7.09. The van der Waals surface area contributed by atoms with E-state index < -0.39 is 0 Å². The van der Waals surface area contributed by atoms with Crippen LogP contribution in [0.1, 0.15) is 60.6 Å². The van der Waals surface area contributed by atoms with Gasteiger partial charge in [0.25, 0.3) is 0 Å². The van der Waals surface area contributed by atoms with Gasteiger partial charge < -0.3 is 5.11 Å². The van der Waals surface area contributed by atoms with Crippen LogP contribution in [-0.2, 0) is 11.0 Å². The van der Waals surface area contributed by atoms with E-state index in [9.17, 15) is 0 Å². The van der Waals surface area contributed by atoms with Crippen molar-refractivity contribution < 1.29 is 5.11 Å². The summed E-state index contributed by atoms with van der Waals surface area (Å²) in [6, 6.07) is 0. The second kappa shape index (κ2) is 5.61. The smallest absolute Gasteiger partial charge is 0.0886 e. The average Bonchev–Trinajstić information content (AvgIpc) is 2.78. The van der Waals surface area contributed by atoms with E-state index in [1.54, 1.807) is 0 Å². The van der Waals surface area contributed by atoms with Gasteiger partial charge in [0.1, 0.15) is 0 Å². The number of rotatable bonds is 6. The summed E-state index contributed by atoms with van der Waals surface area (Å²) in [7, 11) is 0. The largest absolute Gasteiger partial charge is 0.396 e. The first-order valence-corrected chi connectivity index (χ1v) is 7.17. The molecule has 4 nitrogen and oxygen atoms in total. The summed E-state index contributed by atoms with van der Waals surface area (Å²) in [6.07, 6.45) is 2.71.